The van der Waals surface area contributed by atoms with Crippen molar-refractivity contribution in [2.75, 3.05) is 50.1 Å². The number of hydrogen-bond donors (Lipinski definition) is 2. The number of anilines is 2. The molecule has 2 aromatic rings. The van der Waals surface area contributed by atoms with Crippen molar-refractivity contribution in [1.29, 1.82) is 0 Å². The Hall–Kier alpha value is -2.90. The lowest BCUT2D eigenvalue weighted by molar-refractivity contribution is -0.117. The Labute approximate surface area is 165 Å². The molecule has 0 atom stereocenters. The number of nitrogens with one attached hydrogen (secondary N) is 1. The van der Waals surface area contributed by atoms with Crippen LogP contribution < -0.4 is 16.0 Å². The minimum Gasteiger partial charge on any atom is -0.378 e. The average Bonchev–Trinajstić information content (AvgIpc) is 2.69. The second-order valence-corrected chi connectivity index (χ2v) is 6.93. The fourth-order valence-electron chi connectivity index (χ4n) is 3.16. The zero-order chi connectivity index (χ0) is 19.9. The van der Waals surface area contributed by atoms with Crippen molar-refractivity contribution in [3.8, 4) is 0 Å². The topological polar surface area (TPSA) is 87.9 Å². The van der Waals surface area contributed by atoms with Gasteiger partial charge in [-0.2, -0.15) is 0 Å². The van der Waals surface area contributed by atoms with E-state index in [1.807, 2.05) is 48.3 Å². The van der Waals surface area contributed by atoms with Crippen LogP contribution in [-0.2, 0) is 16.1 Å². The van der Waals surface area contributed by atoms with E-state index in [9.17, 15) is 9.59 Å². The summed E-state index contributed by atoms with van der Waals surface area (Å²) in [6.07, 6.45) is 0. The van der Waals surface area contributed by atoms with Gasteiger partial charge in [0.05, 0.1) is 19.8 Å². The van der Waals surface area contributed by atoms with Crippen molar-refractivity contribution in [1.82, 2.24) is 4.90 Å². The van der Waals surface area contributed by atoms with Gasteiger partial charge in [0.15, 0.2) is 0 Å². The quantitative estimate of drug-likeness (QED) is 0.761. The van der Waals surface area contributed by atoms with Crippen LogP contribution in [-0.4, -0.2) is 56.6 Å². The summed E-state index contributed by atoms with van der Waals surface area (Å²) in [5.41, 5.74) is 8.65. The molecule has 28 heavy (non-hydrogen) atoms. The summed E-state index contributed by atoms with van der Waals surface area (Å²) in [6.45, 7) is 4.13. The number of benzene rings is 2. The Bertz CT molecular complexity index is 799. The molecular weight excluding hydrogens is 356 g/mol. The molecule has 0 aromatic heterocycles. The third-order valence-electron chi connectivity index (χ3n) is 4.63. The predicted octanol–water partition coefficient (Wildman–Crippen LogP) is 1.69. The zero-order valence-electron chi connectivity index (χ0n) is 16.1. The van der Waals surface area contributed by atoms with Crippen molar-refractivity contribution >= 4 is 23.2 Å². The molecule has 0 saturated carbocycles. The van der Waals surface area contributed by atoms with Crippen LogP contribution in [0.25, 0.3) is 0 Å². The summed E-state index contributed by atoms with van der Waals surface area (Å²) in [5.74, 6) is -0.519. The number of rotatable bonds is 7. The van der Waals surface area contributed by atoms with E-state index in [4.69, 9.17) is 10.5 Å². The van der Waals surface area contributed by atoms with Crippen molar-refractivity contribution < 1.29 is 14.3 Å². The largest absolute Gasteiger partial charge is 0.378 e. The number of hydrogen-bond acceptors (Lipinski definition) is 5. The van der Waals surface area contributed by atoms with E-state index in [1.165, 1.54) is 0 Å². The minimum absolute atomic E-state index is 0.0737. The highest BCUT2D eigenvalue weighted by Gasteiger charge is 2.12. The van der Waals surface area contributed by atoms with E-state index in [-0.39, 0.29) is 12.5 Å². The molecule has 3 rings (SSSR count). The van der Waals surface area contributed by atoms with Crippen LogP contribution in [0.2, 0.25) is 0 Å². The van der Waals surface area contributed by atoms with Crippen LogP contribution in [0.5, 0.6) is 0 Å². The van der Waals surface area contributed by atoms with Gasteiger partial charge in [0.1, 0.15) is 0 Å². The fraction of sp³-hybridized carbons (Fsp3) is 0.333. The molecule has 2 amide bonds. The Morgan fingerprint density at radius 1 is 1.07 bits per heavy atom. The van der Waals surface area contributed by atoms with E-state index < -0.39 is 5.91 Å². The lowest BCUT2D eigenvalue weighted by Crippen LogP contribution is -2.36. The molecule has 3 N–H and O–H groups in total. The zero-order valence-corrected chi connectivity index (χ0v) is 16.1. The van der Waals surface area contributed by atoms with Crippen LogP contribution in [0.15, 0.2) is 48.5 Å². The Balaban J connectivity index is 1.48. The fourth-order valence-corrected chi connectivity index (χ4v) is 3.16. The number of nitrogens with two attached hydrogens (primary N) is 1. The first-order chi connectivity index (χ1) is 13.5. The van der Waals surface area contributed by atoms with Crippen LogP contribution >= 0.6 is 0 Å². The molecule has 1 heterocycles. The number of morpholine rings is 1. The lowest BCUT2D eigenvalue weighted by atomic mass is 10.1. The van der Waals surface area contributed by atoms with Gasteiger partial charge in [-0.3, -0.25) is 14.5 Å². The molecule has 7 nitrogen and oxygen atoms in total. The highest BCUT2D eigenvalue weighted by atomic mass is 16.5. The Kier molecular flexibility index (Phi) is 6.62. The van der Waals surface area contributed by atoms with Gasteiger partial charge < -0.3 is 20.7 Å². The van der Waals surface area contributed by atoms with Gasteiger partial charge in [-0.05, 0) is 49.0 Å². The van der Waals surface area contributed by atoms with Crippen molar-refractivity contribution in [2.45, 2.75) is 6.54 Å². The molecule has 0 radical (unpaired) electrons. The molecule has 2 aromatic carbocycles. The van der Waals surface area contributed by atoms with Crippen LogP contribution in [0.3, 0.4) is 0 Å². The number of carbonyl (C=O) groups excluding carboxylic acids is 2. The first kappa shape index (κ1) is 19.9. The maximum absolute atomic E-state index is 12.3. The molecule has 148 valence electrons. The smallest absolute Gasteiger partial charge is 0.248 e. The summed E-state index contributed by atoms with van der Waals surface area (Å²) < 4.78 is 5.37. The summed E-state index contributed by atoms with van der Waals surface area (Å²) in [6, 6.07) is 15.0. The number of likely N-dealkylation sites (N-methyl/N-ethyl adjacent to an activating group) is 1. The predicted molar refractivity (Wildman–Crippen MR) is 109 cm³/mol. The van der Waals surface area contributed by atoms with E-state index in [0.717, 1.165) is 43.2 Å². The van der Waals surface area contributed by atoms with Gasteiger partial charge in [0.2, 0.25) is 11.8 Å². The molecule has 1 fully saturated rings. The Morgan fingerprint density at radius 2 is 1.71 bits per heavy atom. The molecule has 0 spiro atoms. The van der Waals surface area contributed by atoms with Crippen LogP contribution in [0.1, 0.15) is 15.9 Å². The van der Waals surface area contributed by atoms with Crippen molar-refractivity contribution in [3.05, 3.63) is 59.7 Å². The summed E-state index contributed by atoms with van der Waals surface area (Å²) in [4.78, 5) is 27.6. The SMILES string of the molecule is CN(CC(=O)Nc1ccc(N2CCOCC2)cc1)Cc1ccc(C(N)=O)cc1. The minimum atomic E-state index is -0.445. The molecule has 0 unspecified atom stereocenters. The summed E-state index contributed by atoms with van der Waals surface area (Å²) in [7, 11) is 1.88. The van der Waals surface area contributed by atoms with E-state index >= 15 is 0 Å². The lowest BCUT2D eigenvalue weighted by Gasteiger charge is -2.28. The van der Waals surface area contributed by atoms with Gasteiger partial charge in [-0.1, -0.05) is 12.1 Å². The number of carbonyl (C=O) groups is 2. The monoisotopic (exact) mass is 382 g/mol. The Morgan fingerprint density at radius 3 is 2.32 bits per heavy atom. The van der Waals surface area contributed by atoms with E-state index in [2.05, 4.69) is 10.2 Å². The first-order valence-electron chi connectivity index (χ1n) is 9.31. The molecule has 1 saturated heterocycles. The molecule has 1 aliphatic rings. The number of ether oxygens (including phenoxy) is 1. The molecule has 1 aliphatic heterocycles. The van der Waals surface area contributed by atoms with Gasteiger partial charge in [0.25, 0.3) is 0 Å². The maximum Gasteiger partial charge on any atom is 0.248 e. The average molecular weight is 382 g/mol. The summed E-state index contributed by atoms with van der Waals surface area (Å²) >= 11 is 0. The van der Waals surface area contributed by atoms with Gasteiger partial charge in [0, 0.05) is 36.6 Å². The third kappa shape index (κ3) is 5.55. The van der Waals surface area contributed by atoms with E-state index in [1.54, 1.807) is 12.1 Å². The van der Waals surface area contributed by atoms with E-state index in [0.29, 0.717) is 12.1 Å². The normalized spacial score (nSPS) is 14.1. The number of amides is 2. The third-order valence-corrected chi connectivity index (χ3v) is 4.63. The number of primary amides is 1. The van der Waals surface area contributed by atoms with Crippen molar-refractivity contribution in [2.24, 2.45) is 5.73 Å². The van der Waals surface area contributed by atoms with Crippen LogP contribution in [0.4, 0.5) is 11.4 Å². The summed E-state index contributed by atoms with van der Waals surface area (Å²) in [5, 5.41) is 2.93. The molecular formula is C21H26N4O3. The second-order valence-electron chi connectivity index (χ2n) is 6.93. The highest BCUT2D eigenvalue weighted by molar-refractivity contribution is 5.93. The second kappa shape index (κ2) is 9.34. The van der Waals surface area contributed by atoms with Gasteiger partial charge in [-0.15, -0.1) is 0 Å². The van der Waals surface area contributed by atoms with Gasteiger partial charge >= 0.3 is 0 Å². The molecule has 0 aliphatic carbocycles. The molecule has 0 bridgehead atoms. The highest BCUT2D eigenvalue weighted by Crippen LogP contribution is 2.19. The first-order valence-corrected chi connectivity index (χ1v) is 9.31. The molecule has 7 heteroatoms. The maximum atomic E-state index is 12.3. The standard InChI is InChI=1S/C21H26N4O3/c1-24(14-16-2-4-17(5-3-16)21(22)27)15-20(26)23-18-6-8-19(9-7-18)25-10-12-28-13-11-25/h2-9H,10-15H2,1H3,(H2,22,27)(H,23,26). The van der Waals surface area contributed by atoms with Gasteiger partial charge in [-0.25, -0.2) is 0 Å². The van der Waals surface area contributed by atoms with Crippen molar-refractivity contribution in [3.63, 3.8) is 0 Å². The van der Waals surface area contributed by atoms with Crippen LogP contribution in [0, 0.1) is 0 Å². The number of nitrogens with zero attached hydrogens (tertiary/aromatic N) is 2.